The van der Waals surface area contributed by atoms with Crippen LogP contribution in [0.25, 0.3) is 10.2 Å². The lowest BCUT2D eigenvalue weighted by atomic mass is 10.2. The van der Waals surface area contributed by atoms with Crippen LogP contribution >= 0.6 is 23.1 Å². The maximum Gasteiger partial charge on any atom is 0.262 e. The molecule has 0 spiro atoms. The summed E-state index contributed by atoms with van der Waals surface area (Å²) in [6, 6.07) is 8.04. The number of rotatable bonds is 5. The van der Waals surface area contributed by atoms with Gasteiger partial charge in [-0.05, 0) is 43.9 Å². The van der Waals surface area contributed by atoms with E-state index in [0.717, 1.165) is 46.1 Å². The summed E-state index contributed by atoms with van der Waals surface area (Å²) in [4.78, 5) is 19.7. The van der Waals surface area contributed by atoms with Gasteiger partial charge >= 0.3 is 0 Å². The molecule has 0 radical (unpaired) electrons. The molecule has 130 valence electrons. The molecule has 0 unspecified atom stereocenters. The average Bonchev–Trinajstić information content (AvgIpc) is 3.18. The molecule has 1 aliphatic carbocycles. The van der Waals surface area contributed by atoms with E-state index in [-0.39, 0.29) is 5.56 Å². The summed E-state index contributed by atoms with van der Waals surface area (Å²) in [7, 11) is 1.82. The summed E-state index contributed by atoms with van der Waals surface area (Å²) in [5.41, 5.74) is 2.55. The molecular weight excluding hydrogens is 352 g/mol. The Morgan fingerprint density at radius 1 is 1.28 bits per heavy atom. The van der Waals surface area contributed by atoms with Gasteiger partial charge in [-0.2, -0.15) is 0 Å². The average molecular weight is 373 g/mol. The highest BCUT2D eigenvalue weighted by atomic mass is 32.2. The van der Waals surface area contributed by atoms with Crippen molar-refractivity contribution >= 4 is 33.3 Å². The SMILES string of the molecule is Cc1ccc(OCCSc2nc3sc4c(c3c(=O)n2C)CCC4)cc1. The molecule has 0 atom stereocenters. The van der Waals surface area contributed by atoms with Crippen LogP contribution in [0.4, 0.5) is 0 Å². The Hall–Kier alpha value is -1.79. The topological polar surface area (TPSA) is 44.1 Å². The molecule has 4 rings (SSSR count). The Kier molecular flexibility index (Phi) is 4.56. The summed E-state index contributed by atoms with van der Waals surface area (Å²) < 4.78 is 7.44. The number of fused-ring (bicyclic) bond motifs is 3. The number of ether oxygens (including phenoxy) is 1. The second kappa shape index (κ2) is 6.84. The van der Waals surface area contributed by atoms with Crippen molar-refractivity contribution in [3.05, 3.63) is 50.6 Å². The number of aromatic nitrogens is 2. The molecule has 4 nitrogen and oxygen atoms in total. The molecule has 2 aromatic heterocycles. The first-order valence-electron chi connectivity index (χ1n) is 8.47. The van der Waals surface area contributed by atoms with Gasteiger partial charge in [0.2, 0.25) is 0 Å². The number of aryl methyl sites for hydroxylation is 3. The number of hydrogen-bond donors (Lipinski definition) is 0. The fraction of sp³-hybridized carbons (Fsp3) is 0.368. The highest BCUT2D eigenvalue weighted by Crippen LogP contribution is 2.35. The summed E-state index contributed by atoms with van der Waals surface area (Å²) in [6.45, 7) is 2.64. The van der Waals surface area contributed by atoms with E-state index in [1.165, 1.54) is 16.0 Å². The van der Waals surface area contributed by atoms with Crippen LogP contribution in [-0.4, -0.2) is 21.9 Å². The number of thioether (sulfide) groups is 1. The minimum Gasteiger partial charge on any atom is -0.493 e. The molecule has 1 aliphatic rings. The van der Waals surface area contributed by atoms with Crippen LogP contribution in [0.15, 0.2) is 34.2 Å². The number of nitrogens with zero attached hydrogens (tertiary/aromatic N) is 2. The molecule has 3 aromatic rings. The summed E-state index contributed by atoms with van der Waals surface area (Å²) in [5.74, 6) is 1.63. The standard InChI is InChI=1S/C19H20N2O2S2/c1-12-6-8-13(9-7-12)23-10-11-24-19-20-17-16(18(22)21(19)2)14-4-3-5-15(14)25-17/h6-9H,3-5,10-11H2,1-2H3. The van der Waals surface area contributed by atoms with Gasteiger partial charge in [-0.1, -0.05) is 29.5 Å². The molecule has 0 aliphatic heterocycles. The zero-order chi connectivity index (χ0) is 17.4. The molecule has 1 aromatic carbocycles. The fourth-order valence-electron chi connectivity index (χ4n) is 3.16. The number of hydrogen-bond acceptors (Lipinski definition) is 5. The maximum absolute atomic E-state index is 12.7. The van der Waals surface area contributed by atoms with Gasteiger partial charge < -0.3 is 4.74 Å². The fourth-order valence-corrected chi connectivity index (χ4v) is 5.25. The van der Waals surface area contributed by atoms with Gasteiger partial charge in [-0.25, -0.2) is 4.98 Å². The predicted octanol–water partition coefficient (Wildman–Crippen LogP) is 3.96. The normalized spacial score (nSPS) is 13.4. The Morgan fingerprint density at radius 2 is 2.08 bits per heavy atom. The Balaban J connectivity index is 1.47. The van der Waals surface area contributed by atoms with E-state index in [2.05, 4.69) is 6.92 Å². The van der Waals surface area contributed by atoms with Gasteiger partial charge in [-0.3, -0.25) is 9.36 Å². The van der Waals surface area contributed by atoms with Crippen molar-refractivity contribution in [1.82, 2.24) is 9.55 Å². The van der Waals surface area contributed by atoms with Crippen LogP contribution in [0.5, 0.6) is 5.75 Å². The second-order valence-corrected chi connectivity index (χ2v) is 8.45. The van der Waals surface area contributed by atoms with Crippen LogP contribution in [0, 0.1) is 6.92 Å². The lowest BCUT2D eigenvalue weighted by molar-refractivity contribution is 0.343. The molecule has 0 fully saturated rings. The van der Waals surface area contributed by atoms with E-state index in [0.29, 0.717) is 6.61 Å². The minimum atomic E-state index is 0.0892. The molecule has 0 bridgehead atoms. The molecule has 0 saturated carbocycles. The third-order valence-corrected chi connectivity index (χ3v) is 6.69. The van der Waals surface area contributed by atoms with Gasteiger partial charge in [-0.15, -0.1) is 11.3 Å². The van der Waals surface area contributed by atoms with Gasteiger partial charge in [0.25, 0.3) is 5.56 Å². The largest absolute Gasteiger partial charge is 0.493 e. The van der Waals surface area contributed by atoms with Crippen molar-refractivity contribution in [3.8, 4) is 5.75 Å². The smallest absolute Gasteiger partial charge is 0.262 e. The van der Waals surface area contributed by atoms with Crippen molar-refractivity contribution in [3.63, 3.8) is 0 Å². The highest BCUT2D eigenvalue weighted by molar-refractivity contribution is 7.99. The van der Waals surface area contributed by atoms with Crippen molar-refractivity contribution in [2.24, 2.45) is 7.05 Å². The predicted molar refractivity (Wildman–Crippen MR) is 104 cm³/mol. The van der Waals surface area contributed by atoms with Crippen LogP contribution in [0.3, 0.4) is 0 Å². The lowest BCUT2D eigenvalue weighted by Crippen LogP contribution is -2.20. The van der Waals surface area contributed by atoms with E-state index >= 15 is 0 Å². The summed E-state index contributed by atoms with van der Waals surface area (Å²) in [6.07, 6.45) is 3.27. The quantitative estimate of drug-likeness (QED) is 0.386. The Morgan fingerprint density at radius 3 is 2.88 bits per heavy atom. The van der Waals surface area contributed by atoms with Crippen LogP contribution in [0.2, 0.25) is 0 Å². The maximum atomic E-state index is 12.7. The highest BCUT2D eigenvalue weighted by Gasteiger charge is 2.22. The molecule has 6 heteroatoms. The zero-order valence-electron chi connectivity index (χ0n) is 14.4. The third-order valence-electron chi connectivity index (χ3n) is 4.51. The monoisotopic (exact) mass is 372 g/mol. The Bertz CT molecular complexity index is 974. The van der Waals surface area contributed by atoms with E-state index in [1.807, 2.05) is 31.3 Å². The van der Waals surface area contributed by atoms with E-state index in [9.17, 15) is 4.79 Å². The lowest BCUT2D eigenvalue weighted by Gasteiger charge is -2.09. The van der Waals surface area contributed by atoms with Gasteiger partial charge in [0, 0.05) is 17.7 Å². The second-order valence-electron chi connectivity index (χ2n) is 6.31. The van der Waals surface area contributed by atoms with Gasteiger partial charge in [0.15, 0.2) is 5.16 Å². The first kappa shape index (κ1) is 16.7. The van der Waals surface area contributed by atoms with E-state index < -0.39 is 0 Å². The van der Waals surface area contributed by atoms with Gasteiger partial charge in [0.1, 0.15) is 10.6 Å². The van der Waals surface area contributed by atoms with E-state index in [1.54, 1.807) is 27.7 Å². The first-order chi connectivity index (χ1) is 12.1. The molecule has 2 heterocycles. The molecule has 0 N–H and O–H groups in total. The summed E-state index contributed by atoms with van der Waals surface area (Å²) >= 11 is 3.26. The van der Waals surface area contributed by atoms with Crippen molar-refractivity contribution in [2.75, 3.05) is 12.4 Å². The van der Waals surface area contributed by atoms with Crippen molar-refractivity contribution in [1.29, 1.82) is 0 Å². The molecular formula is C19H20N2O2S2. The van der Waals surface area contributed by atoms with E-state index in [4.69, 9.17) is 9.72 Å². The van der Waals surface area contributed by atoms with Crippen LogP contribution in [-0.2, 0) is 19.9 Å². The van der Waals surface area contributed by atoms with Crippen molar-refractivity contribution in [2.45, 2.75) is 31.3 Å². The molecule has 0 saturated heterocycles. The summed E-state index contributed by atoms with van der Waals surface area (Å²) in [5, 5.41) is 1.62. The minimum absolute atomic E-state index is 0.0892. The van der Waals surface area contributed by atoms with Crippen molar-refractivity contribution < 1.29 is 4.74 Å². The third kappa shape index (κ3) is 3.20. The van der Waals surface area contributed by atoms with Gasteiger partial charge in [0.05, 0.1) is 12.0 Å². The first-order valence-corrected chi connectivity index (χ1v) is 10.3. The number of thiophene rings is 1. The Labute approximate surface area is 154 Å². The zero-order valence-corrected chi connectivity index (χ0v) is 16.0. The molecule has 0 amide bonds. The number of benzene rings is 1. The molecule has 25 heavy (non-hydrogen) atoms. The van der Waals surface area contributed by atoms with Crippen LogP contribution < -0.4 is 10.3 Å². The van der Waals surface area contributed by atoms with Crippen LogP contribution in [0.1, 0.15) is 22.4 Å².